The quantitative estimate of drug-likeness (QED) is 0.683. The molecule has 2 aromatic rings. The number of para-hydroxylation sites is 1. The second-order valence-corrected chi connectivity index (χ2v) is 11.8. The number of benzene rings is 2. The van der Waals surface area contributed by atoms with Crippen molar-refractivity contribution in [2.75, 3.05) is 18.8 Å². The Morgan fingerprint density at radius 3 is 2.18 bits per heavy atom. The van der Waals surface area contributed by atoms with E-state index in [1.54, 1.807) is 12.1 Å². The molecule has 0 aliphatic carbocycles. The fraction of sp³-hybridized carbons (Fsp3) is 0.400. The Balaban J connectivity index is 1.68. The first-order valence-corrected chi connectivity index (χ1v) is 12.3. The summed E-state index contributed by atoms with van der Waals surface area (Å²) in [4.78, 5) is 0.129. The Morgan fingerprint density at radius 1 is 1.00 bits per heavy atom. The third-order valence-electron chi connectivity index (χ3n) is 4.67. The number of aryl methyl sites for hydroxylation is 1. The first-order valence-electron chi connectivity index (χ1n) is 9.15. The van der Waals surface area contributed by atoms with Crippen LogP contribution in [0.5, 0.6) is 11.5 Å². The zero-order chi connectivity index (χ0) is 20.5. The maximum absolute atomic E-state index is 12.7. The van der Waals surface area contributed by atoms with Gasteiger partial charge < -0.3 is 4.74 Å². The lowest BCUT2D eigenvalue weighted by atomic mass is 10.2. The molecule has 0 saturated carbocycles. The van der Waals surface area contributed by atoms with E-state index in [1.165, 1.54) is 16.4 Å². The first kappa shape index (κ1) is 20.8. The Morgan fingerprint density at radius 2 is 1.61 bits per heavy atom. The van der Waals surface area contributed by atoms with Crippen LogP contribution in [0.1, 0.15) is 19.4 Å². The van der Waals surface area contributed by atoms with Crippen molar-refractivity contribution in [1.29, 1.82) is 0 Å². The summed E-state index contributed by atoms with van der Waals surface area (Å²) in [5, 5.41) is -0.617. The molecule has 0 spiro atoms. The van der Waals surface area contributed by atoms with E-state index in [1.807, 2.05) is 45.0 Å². The van der Waals surface area contributed by atoms with Crippen molar-refractivity contribution in [1.82, 2.24) is 4.31 Å². The summed E-state index contributed by atoms with van der Waals surface area (Å²) in [7, 11) is -6.98. The second-order valence-electron chi connectivity index (χ2n) is 7.51. The molecule has 1 heterocycles. The molecule has 1 aliphatic rings. The van der Waals surface area contributed by atoms with Crippen LogP contribution in [0.25, 0.3) is 0 Å². The molecule has 0 aromatic heterocycles. The molecule has 1 fully saturated rings. The zero-order valence-corrected chi connectivity index (χ0v) is 17.8. The molecule has 0 amide bonds. The fourth-order valence-corrected chi connectivity index (χ4v) is 6.79. The number of rotatable bonds is 7. The minimum Gasteiger partial charge on any atom is -0.457 e. The molecule has 6 nitrogen and oxygen atoms in total. The SMILES string of the molecule is Cc1ccccc1Oc1ccc(S(=O)(=O)N2CC(S(=O)(=O)CC(C)C)C2)cc1. The molecule has 3 rings (SSSR count). The van der Waals surface area contributed by atoms with Crippen LogP contribution in [-0.4, -0.2) is 45.2 Å². The van der Waals surface area contributed by atoms with E-state index >= 15 is 0 Å². The molecule has 0 atom stereocenters. The lowest BCUT2D eigenvalue weighted by Gasteiger charge is -2.37. The molecule has 0 radical (unpaired) electrons. The normalized spacial score (nSPS) is 16.1. The van der Waals surface area contributed by atoms with Crippen LogP contribution in [0.2, 0.25) is 0 Å². The van der Waals surface area contributed by atoms with Crippen LogP contribution in [0.15, 0.2) is 53.4 Å². The van der Waals surface area contributed by atoms with Crippen LogP contribution in [0, 0.1) is 12.8 Å². The highest BCUT2D eigenvalue weighted by Crippen LogP contribution is 2.29. The summed E-state index contributed by atoms with van der Waals surface area (Å²) in [6.07, 6.45) is 0. The van der Waals surface area contributed by atoms with Gasteiger partial charge in [0.2, 0.25) is 10.0 Å². The highest BCUT2D eigenvalue weighted by atomic mass is 32.2. The maximum atomic E-state index is 12.7. The molecule has 28 heavy (non-hydrogen) atoms. The van der Waals surface area contributed by atoms with Gasteiger partial charge in [-0.3, -0.25) is 0 Å². The van der Waals surface area contributed by atoms with E-state index in [0.717, 1.165) is 5.56 Å². The molecule has 8 heteroatoms. The average molecular weight is 424 g/mol. The van der Waals surface area contributed by atoms with Gasteiger partial charge in [0, 0.05) is 13.1 Å². The van der Waals surface area contributed by atoms with Crippen LogP contribution in [0.3, 0.4) is 0 Å². The minimum absolute atomic E-state index is 0.0127. The van der Waals surface area contributed by atoms with Crippen LogP contribution in [0.4, 0.5) is 0 Å². The number of sulfone groups is 1. The highest BCUT2D eigenvalue weighted by Gasteiger charge is 2.43. The number of nitrogens with zero attached hydrogens (tertiary/aromatic N) is 1. The molecular formula is C20H25NO5S2. The first-order chi connectivity index (χ1) is 13.1. The van der Waals surface area contributed by atoms with Gasteiger partial charge >= 0.3 is 0 Å². The number of hydrogen-bond donors (Lipinski definition) is 0. The van der Waals surface area contributed by atoms with Crippen molar-refractivity contribution in [2.45, 2.75) is 30.9 Å². The fourth-order valence-electron chi connectivity index (χ4n) is 3.05. The average Bonchev–Trinajstić information content (AvgIpc) is 2.54. The van der Waals surface area contributed by atoms with E-state index < -0.39 is 25.1 Å². The smallest absolute Gasteiger partial charge is 0.243 e. The standard InChI is InChI=1S/C20H25NO5S2/c1-15(2)14-27(22,23)19-12-21(13-19)28(24,25)18-10-8-17(9-11-18)26-20-7-5-4-6-16(20)3/h4-11,15,19H,12-14H2,1-3H3. The molecular weight excluding hydrogens is 398 g/mol. The van der Waals surface area contributed by atoms with Gasteiger partial charge in [-0.1, -0.05) is 32.0 Å². The van der Waals surface area contributed by atoms with E-state index in [2.05, 4.69) is 0 Å². The lowest BCUT2D eigenvalue weighted by molar-refractivity contribution is 0.309. The summed E-state index contributed by atoms with van der Waals surface area (Å²) < 4.78 is 56.9. The highest BCUT2D eigenvalue weighted by molar-refractivity contribution is 7.92. The van der Waals surface area contributed by atoms with Gasteiger partial charge in [-0.25, -0.2) is 16.8 Å². The summed E-state index contributed by atoms with van der Waals surface area (Å²) in [5.74, 6) is 1.35. The van der Waals surface area contributed by atoms with Crippen molar-refractivity contribution in [3.63, 3.8) is 0 Å². The van der Waals surface area contributed by atoms with Crippen LogP contribution >= 0.6 is 0 Å². The van der Waals surface area contributed by atoms with Crippen LogP contribution in [-0.2, 0) is 19.9 Å². The Labute approximate surface area is 167 Å². The Bertz CT molecular complexity index is 1040. The molecule has 1 saturated heterocycles. The maximum Gasteiger partial charge on any atom is 0.243 e. The van der Waals surface area contributed by atoms with Crippen molar-refractivity contribution < 1.29 is 21.6 Å². The van der Waals surface area contributed by atoms with Gasteiger partial charge in [-0.05, 0) is 48.7 Å². The van der Waals surface area contributed by atoms with Crippen molar-refractivity contribution in [2.24, 2.45) is 5.92 Å². The molecule has 152 valence electrons. The predicted octanol–water partition coefficient (Wildman–Crippen LogP) is 3.23. The van der Waals surface area contributed by atoms with E-state index in [4.69, 9.17) is 4.74 Å². The van der Waals surface area contributed by atoms with Gasteiger partial charge in [0.1, 0.15) is 11.5 Å². The largest absolute Gasteiger partial charge is 0.457 e. The molecule has 1 aliphatic heterocycles. The third kappa shape index (κ3) is 4.39. The second kappa shape index (κ2) is 7.85. The summed E-state index contributed by atoms with van der Waals surface area (Å²) >= 11 is 0. The lowest BCUT2D eigenvalue weighted by Crippen LogP contribution is -2.57. The van der Waals surface area contributed by atoms with E-state index in [-0.39, 0.29) is 29.7 Å². The molecule has 0 unspecified atom stereocenters. The van der Waals surface area contributed by atoms with Gasteiger partial charge in [-0.2, -0.15) is 4.31 Å². The van der Waals surface area contributed by atoms with Gasteiger partial charge in [0.15, 0.2) is 9.84 Å². The Kier molecular flexibility index (Phi) is 5.84. The zero-order valence-electron chi connectivity index (χ0n) is 16.2. The molecule has 0 bridgehead atoms. The minimum atomic E-state index is -3.71. The van der Waals surface area contributed by atoms with Crippen molar-refractivity contribution in [3.05, 3.63) is 54.1 Å². The number of hydrogen-bond acceptors (Lipinski definition) is 5. The van der Waals surface area contributed by atoms with E-state index in [0.29, 0.717) is 11.5 Å². The van der Waals surface area contributed by atoms with Crippen molar-refractivity contribution in [3.8, 4) is 11.5 Å². The number of ether oxygens (including phenoxy) is 1. The molecule has 2 aromatic carbocycles. The van der Waals surface area contributed by atoms with E-state index in [9.17, 15) is 16.8 Å². The van der Waals surface area contributed by atoms with Crippen molar-refractivity contribution >= 4 is 19.9 Å². The van der Waals surface area contributed by atoms with Gasteiger partial charge in [0.05, 0.1) is 15.9 Å². The van der Waals surface area contributed by atoms with Gasteiger partial charge in [0.25, 0.3) is 0 Å². The summed E-state index contributed by atoms with van der Waals surface area (Å²) in [6, 6.07) is 13.7. The Hall–Kier alpha value is -1.90. The number of sulfonamides is 1. The van der Waals surface area contributed by atoms with Crippen LogP contribution < -0.4 is 4.74 Å². The predicted molar refractivity (Wildman–Crippen MR) is 109 cm³/mol. The topological polar surface area (TPSA) is 80.8 Å². The third-order valence-corrected chi connectivity index (χ3v) is 8.96. The molecule has 0 N–H and O–H groups in total. The monoisotopic (exact) mass is 423 g/mol. The summed E-state index contributed by atoms with van der Waals surface area (Å²) in [6.45, 7) is 5.63. The summed E-state index contributed by atoms with van der Waals surface area (Å²) in [5.41, 5.74) is 0.980. The van der Waals surface area contributed by atoms with Gasteiger partial charge in [-0.15, -0.1) is 0 Å².